The number of hydrogen-bond acceptors (Lipinski definition) is 3. The van der Waals surface area contributed by atoms with E-state index in [2.05, 4.69) is 22.0 Å². The Labute approximate surface area is 167 Å². The van der Waals surface area contributed by atoms with Crippen molar-refractivity contribution < 1.29 is 9.90 Å². The quantitative estimate of drug-likeness (QED) is 0.569. The third kappa shape index (κ3) is 4.62. The van der Waals surface area contributed by atoms with Gasteiger partial charge in [-0.05, 0) is 47.9 Å². The standard InChI is InChI=1S/C19H19Cl2N3.CH2O2/c20-13-3-1-2-12(8-13)17(22)10-24-7-6-15-16-9-14(21)4-5-18(16)23-19(15)11-24;2-1-3/h1-5,8-9,17,23H,6-7,10-11,22H2;1H,(H,2,3). The maximum Gasteiger partial charge on any atom is 0.290 e. The van der Waals surface area contributed by atoms with Gasteiger partial charge in [0.1, 0.15) is 0 Å². The molecular weight excluding hydrogens is 385 g/mol. The van der Waals surface area contributed by atoms with Crippen LogP contribution in [0.4, 0.5) is 0 Å². The Bertz CT molecular complexity index is 942. The van der Waals surface area contributed by atoms with Crippen LogP contribution in [0, 0.1) is 0 Å². The van der Waals surface area contributed by atoms with Gasteiger partial charge in [-0.3, -0.25) is 9.69 Å². The number of nitrogens with two attached hydrogens (primary N) is 1. The van der Waals surface area contributed by atoms with Crippen LogP contribution in [0.15, 0.2) is 42.5 Å². The van der Waals surface area contributed by atoms with Crippen LogP contribution in [0.25, 0.3) is 10.9 Å². The molecule has 1 aliphatic rings. The van der Waals surface area contributed by atoms with Gasteiger partial charge in [-0.2, -0.15) is 0 Å². The third-order valence-electron chi connectivity index (χ3n) is 4.75. The van der Waals surface area contributed by atoms with Crippen molar-refractivity contribution >= 4 is 40.6 Å². The van der Waals surface area contributed by atoms with Crippen molar-refractivity contribution in [1.29, 1.82) is 0 Å². The number of carboxylic acid groups (broad SMARTS) is 1. The van der Waals surface area contributed by atoms with Crippen LogP contribution in [0.5, 0.6) is 0 Å². The Morgan fingerprint density at radius 1 is 1.22 bits per heavy atom. The van der Waals surface area contributed by atoms with Crippen LogP contribution in [-0.2, 0) is 17.8 Å². The Hall–Kier alpha value is -2.05. The second kappa shape index (κ2) is 8.76. The highest BCUT2D eigenvalue weighted by molar-refractivity contribution is 6.31. The lowest BCUT2D eigenvalue weighted by Crippen LogP contribution is -2.36. The van der Waals surface area contributed by atoms with E-state index in [4.69, 9.17) is 38.8 Å². The number of aromatic amines is 1. The molecule has 0 aliphatic carbocycles. The number of nitrogens with zero attached hydrogens (tertiary/aromatic N) is 1. The number of hydrogen-bond donors (Lipinski definition) is 3. The van der Waals surface area contributed by atoms with Crippen LogP contribution in [0.1, 0.15) is 22.9 Å². The molecule has 2 heterocycles. The molecule has 1 unspecified atom stereocenters. The molecule has 0 saturated heterocycles. The lowest BCUT2D eigenvalue weighted by Gasteiger charge is -2.29. The van der Waals surface area contributed by atoms with Crippen molar-refractivity contribution in [2.75, 3.05) is 13.1 Å². The summed E-state index contributed by atoms with van der Waals surface area (Å²) >= 11 is 12.2. The van der Waals surface area contributed by atoms with Crippen LogP contribution < -0.4 is 5.73 Å². The van der Waals surface area contributed by atoms with E-state index in [0.717, 1.165) is 47.2 Å². The Balaban J connectivity index is 0.000000659. The monoisotopic (exact) mass is 405 g/mol. The highest BCUT2D eigenvalue weighted by Gasteiger charge is 2.22. The van der Waals surface area contributed by atoms with Crippen LogP contribution in [0.2, 0.25) is 10.0 Å². The first kappa shape index (κ1) is 19.7. The molecule has 27 heavy (non-hydrogen) atoms. The summed E-state index contributed by atoms with van der Waals surface area (Å²) in [5, 5.41) is 9.65. The summed E-state index contributed by atoms with van der Waals surface area (Å²) in [6, 6.07) is 13.8. The molecule has 1 aromatic heterocycles. The molecule has 7 heteroatoms. The number of fused-ring (bicyclic) bond motifs is 3. The summed E-state index contributed by atoms with van der Waals surface area (Å²) in [4.78, 5) is 14.3. The summed E-state index contributed by atoms with van der Waals surface area (Å²) in [5.74, 6) is 0. The van der Waals surface area contributed by atoms with Crippen molar-refractivity contribution in [3.8, 4) is 0 Å². The molecule has 0 spiro atoms. The van der Waals surface area contributed by atoms with E-state index in [9.17, 15) is 0 Å². The Kier molecular flexibility index (Phi) is 6.39. The molecule has 1 atom stereocenters. The van der Waals surface area contributed by atoms with Crippen molar-refractivity contribution in [2.45, 2.75) is 19.0 Å². The summed E-state index contributed by atoms with van der Waals surface area (Å²) in [6.07, 6.45) is 1.01. The lowest BCUT2D eigenvalue weighted by atomic mass is 10.0. The molecule has 3 aromatic rings. The molecule has 5 nitrogen and oxygen atoms in total. The van der Waals surface area contributed by atoms with Crippen molar-refractivity contribution in [2.24, 2.45) is 5.73 Å². The summed E-state index contributed by atoms with van der Waals surface area (Å²) in [6.45, 7) is 2.45. The maximum atomic E-state index is 8.36. The fraction of sp³-hybridized carbons (Fsp3) is 0.250. The van der Waals surface area contributed by atoms with Gasteiger partial charge in [0, 0.05) is 52.3 Å². The fourth-order valence-corrected chi connectivity index (χ4v) is 3.92. The average Bonchev–Trinajstić information content (AvgIpc) is 2.99. The average molecular weight is 406 g/mol. The van der Waals surface area contributed by atoms with E-state index in [1.165, 1.54) is 16.6 Å². The Morgan fingerprint density at radius 2 is 1.96 bits per heavy atom. The van der Waals surface area contributed by atoms with E-state index < -0.39 is 0 Å². The predicted octanol–water partition coefficient (Wildman–Crippen LogP) is 4.23. The molecule has 0 saturated carbocycles. The molecule has 142 valence electrons. The third-order valence-corrected chi connectivity index (χ3v) is 5.22. The van der Waals surface area contributed by atoms with E-state index >= 15 is 0 Å². The number of H-pyrrole nitrogens is 1. The highest BCUT2D eigenvalue weighted by Crippen LogP contribution is 2.30. The molecule has 1 aliphatic heterocycles. The molecular formula is C20H21Cl2N3O2. The fourth-order valence-electron chi connectivity index (χ4n) is 3.55. The topological polar surface area (TPSA) is 82.3 Å². The SMILES string of the molecule is NC(CN1CCc2c([nH]c3ccc(Cl)cc23)C1)c1cccc(Cl)c1.O=CO. The van der Waals surface area contributed by atoms with E-state index in [1.54, 1.807) is 0 Å². The molecule has 4 rings (SSSR count). The number of halogens is 2. The van der Waals surface area contributed by atoms with Gasteiger partial charge >= 0.3 is 0 Å². The molecule has 0 radical (unpaired) electrons. The van der Waals surface area contributed by atoms with Crippen molar-refractivity contribution in [3.63, 3.8) is 0 Å². The van der Waals surface area contributed by atoms with Gasteiger partial charge < -0.3 is 15.8 Å². The minimum absolute atomic E-state index is 0.0379. The minimum Gasteiger partial charge on any atom is -0.483 e. The zero-order chi connectivity index (χ0) is 19.4. The van der Waals surface area contributed by atoms with Gasteiger partial charge in [-0.25, -0.2) is 0 Å². The van der Waals surface area contributed by atoms with Crippen LogP contribution >= 0.6 is 23.2 Å². The van der Waals surface area contributed by atoms with Gasteiger partial charge in [0.25, 0.3) is 6.47 Å². The number of rotatable bonds is 3. The first-order valence-electron chi connectivity index (χ1n) is 8.62. The van der Waals surface area contributed by atoms with Crippen molar-refractivity contribution in [1.82, 2.24) is 9.88 Å². The highest BCUT2D eigenvalue weighted by atomic mass is 35.5. The van der Waals surface area contributed by atoms with Crippen LogP contribution in [0.3, 0.4) is 0 Å². The first-order chi connectivity index (χ1) is 13.0. The predicted molar refractivity (Wildman–Crippen MR) is 109 cm³/mol. The van der Waals surface area contributed by atoms with E-state index in [0.29, 0.717) is 0 Å². The molecule has 0 bridgehead atoms. The number of aromatic nitrogens is 1. The molecule has 2 aromatic carbocycles. The number of nitrogens with one attached hydrogen (secondary N) is 1. The summed E-state index contributed by atoms with van der Waals surface area (Å²) < 4.78 is 0. The zero-order valence-electron chi connectivity index (χ0n) is 14.7. The van der Waals surface area contributed by atoms with E-state index in [1.807, 2.05) is 30.3 Å². The number of carbonyl (C=O) groups is 1. The smallest absolute Gasteiger partial charge is 0.290 e. The zero-order valence-corrected chi connectivity index (χ0v) is 16.2. The molecule has 0 fully saturated rings. The number of benzene rings is 2. The van der Waals surface area contributed by atoms with Gasteiger partial charge in [-0.15, -0.1) is 0 Å². The minimum atomic E-state index is -0.250. The van der Waals surface area contributed by atoms with Gasteiger partial charge in [0.2, 0.25) is 0 Å². The molecule has 4 N–H and O–H groups in total. The first-order valence-corrected chi connectivity index (χ1v) is 9.37. The van der Waals surface area contributed by atoms with Gasteiger partial charge in [0.15, 0.2) is 0 Å². The molecule has 0 amide bonds. The maximum absolute atomic E-state index is 8.36. The van der Waals surface area contributed by atoms with Gasteiger partial charge in [0.05, 0.1) is 0 Å². The second-order valence-corrected chi connectivity index (χ2v) is 7.40. The van der Waals surface area contributed by atoms with Crippen LogP contribution in [-0.4, -0.2) is 34.6 Å². The van der Waals surface area contributed by atoms with Crippen molar-refractivity contribution in [3.05, 3.63) is 69.3 Å². The Morgan fingerprint density at radius 3 is 2.70 bits per heavy atom. The normalized spacial score (nSPS) is 14.9. The van der Waals surface area contributed by atoms with Gasteiger partial charge in [-0.1, -0.05) is 35.3 Å². The second-order valence-electron chi connectivity index (χ2n) is 6.52. The van der Waals surface area contributed by atoms with E-state index in [-0.39, 0.29) is 12.5 Å². The summed E-state index contributed by atoms with van der Waals surface area (Å²) in [7, 11) is 0. The lowest BCUT2D eigenvalue weighted by molar-refractivity contribution is -0.122. The largest absolute Gasteiger partial charge is 0.483 e. The summed E-state index contributed by atoms with van der Waals surface area (Å²) in [5.41, 5.74) is 11.3.